The van der Waals surface area contributed by atoms with Crippen molar-refractivity contribution >= 4 is 11.6 Å². The number of nitrogens with zero attached hydrogens (tertiary/aromatic N) is 2. The van der Waals surface area contributed by atoms with Crippen LogP contribution in [0.25, 0.3) is 0 Å². The van der Waals surface area contributed by atoms with Gasteiger partial charge in [0.25, 0.3) is 0 Å². The molecule has 0 bridgehead atoms. The summed E-state index contributed by atoms with van der Waals surface area (Å²) in [5.74, 6) is 1.22. The van der Waals surface area contributed by atoms with Crippen LogP contribution in [-0.2, 0) is 4.79 Å². The van der Waals surface area contributed by atoms with Crippen LogP contribution in [0.15, 0.2) is 47.5 Å². The average molecular weight is 359 g/mol. The maximum absolute atomic E-state index is 12.2. The summed E-state index contributed by atoms with van der Waals surface area (Å²) >= 11 is 0. The molecule has 0 fully saturated rings. The van der Waals surface area contributed by atoms with Crippen LogP contribution in [0.1, 0.15) is 41.0 Å². The Hall–Kier alpha value is -2.10. The van der Waals surface area contributed by atoms with E-state index in [0.29, 0.717) is 13.1 Å². The molecular weight excluding hydrogens is 324 g/mol. The summed E-state index contributed by atoms with van der Waals surface area (Å²) in [4.78, 5) is 18.7. The van der Waals surface area contributed by atoms with Crippen molar-refractivity contribution in [1.82, 2.24) is 4.90 Å². The zero-order chi connectivity index (χ0) is 19.7. The van der Waals surface area contributed by atoms with Crippen LogP contribution in [0.2, 0.25) is 0 Å². The molecule has 0 N–H and O–H groups in total. The van der Waals surface area contributed by atoms with Crippen LogP contribution in [-0.4, -0.2) is 42.8 Å². The zero-order valence-electron chi connectivity index (χ0n) is 17.2. The largest absolute Gasteiger partial charge is 0.490 e. The standard InChI is InChI=1S/C22H34N2O2/c1-8-17(4)21(15-24(7)22(25)16(2)3)23-14-18(5)19(6)26-20-12-10-9-11-13-20/h9-13,16,18-19H,4,8,14-15H2,1-3,5-7H3/b23-21-/t18-,19?/m1/s1. The van der Waals surface area contributed by atoms with Gasteiger partial charge < -0.3 is 9.64 Å². The second kappa shape index (κ2) is 10.8. The summed E-state index contributed by atoms with van der Waals surface area (Å²) in [6.45, 7) is 15.4. The number of ether oxygens (including phenoxy) is 1. The van der Waals surface area contributed by atoms with E-state index in [1.165, 1.54) is 0 Å². The number of hydrogen-bond acceptors (Lipinski definition) is 3. The van der Waals surface area contributed by atoms with Gasteiger partial charge in [-0.15, -0.1) is 0 Å². The lowest BCUT2D eigenvalue weighted by molar-refractivity contribution is -0.132. The first-order valence-corrected chi connectivity index (χ1v) is 9.44. The van der Waals surface area contributed by atoms with Gasteiger partial charge in [0.05, 0.1) is 12.3 Å². The van der Waals surface area contributed by atoms with E-state index in [1.54, 1.807) is 4.90 Å². The highest BCUT2D eigenvalue weighted by Crippen LogP contribution is 2.16. The molecule has 4 heteroatoms. The van der Waals surface area contributed by atoms with Crippen molar-refractivity contribution in [2.45, 2.75) is 47.1 Å². The average Bonchev–Trinajstić information content (AvgIpc) is 2.63. The van der Waals surface area contributed by atoms with Gasteiger partial charge in [-0.25, -0.2) is 0 Å². The molecule has 1 amide bonds. The maximum Gasteiger partial charge on any atom is 0.225 e. The van der Waals surface area contributed by atoms with Crippen molar-refractivity contribution < 1.29 is 9.53 Å². The molecule has 4 nitrogen and oxygen atoms in total. The fourth-order valence-electron chi connectivity index (χ4n) is 2.45. The van der Waals surface area contributed by atoms with Crippen LogP contribution in [0.3, 0.4) is 0 Å². The number of benzene rings is 1. The molecule has 2 atom stereocenters. The molecule has 0 saturated heterocycles. The summed E-state index contributed by atoms with van der Waals surface area (Å²) in [6.07, 6.45) is 0.875. The van der Waals surface area contributed by atoms with E-state index in [1.807, 2.05) is 51.2 Å². The maximum atomic E-state index is 12.2. The van der Waals surface area contributed by atoms with Crippen molar-refractivity contribution in [3.63, 3.8) is 0 Å². The quantitative estimate of drug-likeness (QED) is 0.573. The predicted octanol–water partition coefficient (Wildman–Crippen LogP) is 4.61. The fraction of sp³-hybridized carbons (Fsp3) is 0.545. The predicted molar refractivity (Wildman–Crippen MR) is 110 cm³/mol. The number of hydrogen-bond donors (Lipinski definition) is 0. The first-order valence-electron chi connectivity index (χ1n) is 9.44. The van der Waals surface area contributed by atoms with E-state index in [4.69, 9.17) is 9.73 Å². The molecule has 0 aliphatic heterocycles. The summed E-state index contributed by atoms with van der Waals surface area (Å²) in [7, 11) is 1.82. The molecular formula is C22H34N2O2. The van der Waals surface area contributed by atoms with E-state index < -0.39 is 0 Å². The number of carbonyl (C=O) groups is 1. The third-order valence-corrected chi connectivity index (χ3v) is 4.53. The monoisotopic (exact) mass is 358 g/mol. The number of aliphatic imine (C=N–C) groups is 1. The number of carbonyl (C=O) groups excluding carboxylic acids is 1. The third-order valence-electron chi connectivity index (χ3n) is 4.53. The van der Waals surface area contributed by atoms with Gasteiger partial charge in [0, 0.05) is 25.4 Å². The van der Waals surface area contributed by atoms with Crippen LogP contribution in [0.4, 0.5) is 0 Å². The van der Waals surface area contributed by atoms with Gasteiger partial charge in [-0.2, -0.15) is 0 Å². The van der Waals surface area contributed by atoms with E-state index in [2.05, 4.69) is 27.4 Å². The highest BCUT2D eigenvalue weighted by molar-refractivity contribution is 6.02. The Kier molecular flexibility index (Phi) is 9.11. The molecule has 0 spiro atoms. The first kappa shape index (κ1) is 21.9. The van der Waals surface area contributed by atoms with Gasteiger partial charge in [-0.1, -0.05) is 52.5 Å². The van der Waals surface area contributed by atoms with E-state index in [-0.39, 0.29) is 23.8 Å². The SMILES string of the molecule is C=C(CC)/C(CN(C)C(=O)C(C)C)=N\C[C@@H](C)C(C)Oc1ccccc1. The number of rotatable bonds is 10. The van der Waals surface area contributed by atoms with Crippen molar-refractivity contribution in [2.24, 2.45) is 16.8 Å². The van der Waals surface area contributed by atoms with Gasteiger partial charge in [0.1, 0.15) is 11.9 Å². The minimum Gasteiger partial charge on any atom is -0.490 e. The molecule has 0 radical (unpaired) electrons. The molecule has 144 valence electrons. The molecule has 0 saturated carbocycles. The Morgan fingerprint density at radius 2 is 1.81 bits per heavy atom. The van der Waals surface area contributed by atoms with Crippen molar-refractivity contribution in [1.29, 1.82) is 0 Å². The Labute approximate surface area is 159 Å². The van der Waals surface area contributed by atoms with Crippen molar-refractivity contribution in [3.8, 4) is 5.75 Å². The van der Waals surface area contributed by atoms with Crippen LogP contribution in [0.5, 0.6) is 5.75 Å². The van der Waals surface area contributed by atoms with Gasteiger partial charge >= 0.3 is 0 Å². The minimum atomic E-state index is -0.0191. The van der Waals surface area contributed by atoms with E-state index in [0.717, 1.165) is 23.5 Å². The summed E-state index contributed by atoms with van der Waals surface area (Å²) in [5, 5.41) is 0. The highest BCUT2D eigenvalue weighted by atomic mass is 16.5. The minimum absolute atomic E-state index is 0.0191. The van der Waals surface area contributed by atoms with Gasteiger partial charge in [0.15, 0.2) is 0 Å². The molecule has 1 aromatic carbocycles. The first-order chi connectivity index (χ1) is 12.3. The third kappa shape index (κ3) is 7.03. The lowest BCUT2D eigenvalue weighted by atomic mass is 10.1. The highest BCUT2D eigenvalue weighted by Gasteiger charge is 2.18. The second-order valence-electron chi connectivity index (χ2n) is 7.21. The molecule has 0 aromatic heterocycles. The van der Waals surface area contributed by atoms with Crippen LogP contribution in [0, 0.1) is 11.8 Å². The smallest absolute Gasteiger partial charge is 0.225 e. The van der Waals surface area contributed by atoms with E-state index in [9.17, 15) is 4.79 Å². The Balaban J connectivity index is 2.73. The van der Waals surface area contributed by atoms with Crippen LogP contribution >= 0.6 is 0 Å². The summed E-state index contributed by atoms with van der Waals surface area (Å²) < 4.78 is 5.99. The van der Waals surface area contributed by atoms with Crippen molar-refractivity contribution in [2.75, 3.05) is 20.1 Å². The topological polar surface area (TPSA) is 41.9 Å². The second-order valence-corrected chi connectivity index (χ2v) is 7.21. The molecule has 1 aromatic rings. The van der Waals surface area contributed by atoms with Gasteiger partial charge in [-0.3, -0.25) is 9.79 Å². The lowest BCUT2D eigenvalue weighted by Crippen LogP contribution is -2.35. The van der Waals surface area contributed by atoms with Gasteiger partial charge in [0.2, 0.25) is 5.91 Å². The van der Waals surface area contributed by atoms with E-state index >= 15 is 0 Å². The number of amides is 1. The summed E-state index contributed by atoms with van der Waals surface area (Å²) in [6, 6.07) is 9.83. The lowest BCUT2D eigenvalue weighted by Gasteiger charge is -2.23. The van der Waals surface area contributed by atoms with Crippen molar-refractivity contribution in [3.05, 3.63) is 42.5 Å². The molecule has 0 aliphatic carbocycles. The normalized spacial score (nSPS) is 14.0. The molecule has 0 aliphatic rings. The summed E-state index contributed by atoms with van der Waals surface area (Å²) in [5.41, 5.74) is 1.89. The molecule has 1 rings (SSSR count). The Bertz CT molecular complexity index is 608. The Morgan fingerprint density at radius 1 is 1.19 bits per heavy atom. The fourth-order valence-corrected chi connectivity index (χ4v) is 2.45. The van der Waals surface area contributed by atoms with Gasteiger partial charge in [-0.05, 0) is 31.1 Å². The van der Waals surface area contributed by atoms with Crippen LogP contribution < -0.4 is 4.74 Å². The molecule has 0 heterocycles. The Morgan fingerprint density at radius 3 is 2.35 bits per heavy atom. The number of para-hydroxylation sites is 1. The zero-order valence-corrected chi connectivity index (χ0v) is 17.2. The molecule has 1 unspecified atom stereocenters. The molecule has 26 heavy (non-hydrogen) atoms.